The number of aromatic nitrogens is 2. The maximum absolute atomic E-state index is 12.3. The van der Waals surface area contributed by atoms with E-state index in [-0.39, 0.29) is 5.91 Å². The number of hydrogen-bond donors (Lipinski definition) is 0. The molecule has 1 aromatic carbocycles. The second kappa shape index (κ2) is 7.05. The summed E-state index contributed by atoms with van der Waals surface area (Å²) < 4.78 is 0. The number of amides is 1. The first-order valence-corrected chi connectivity index (χ1v) is 7.78. The van der Waals surface area contributed by atoms with Crippen LogP contribution in [0.3, 0.4) is 0 Å². The van der Waals surface area contributed by atoms with E-state index < -0.39 is 0 Å². The molecule has 1 fully saturated rings. The van der Waals surface area contributed by atoms with Gasteiger partial charge >= 0.3 is 0 Å². The van der Waals surface area contributed by atoms with Crippen LogP contribution < -0.4 is 4.90 Å². The zero-order chi connectivity index (χ0) is 16.1. The zero-order valence-corrected chi connectivity index (χ0v) is 13.2. The summed E-state index contributed by atoms with van der Waals surface area (Å²) in [6, 6.07) is 9.93. The van der Waals surface area contributed by atoms with Gasteiger partial charge in [-0.15, -0.1) is 0 Å². The lowest BCUT2D eigenvalue weighted by atomic mass is 10.1. The Morgan fingerprint density at radius 1 is 1.04 bits per heavy atom. The minimum atomic E-state index is 0.0548. The van der Waals surface area contributed by atoms with Gasteiger partial charge in [0.05, 0.1) is 0 Å². The maximum Gasteiger partial charge on any atom is 0.246 e. The predicted molar refractivity (Wildman–Crippen MR) is 91.0 cm³/mol. The van der Waals surface area contributed by atoms with E-state index in [1.165, 1.54) is 5.56 Å². The van der Waals surface area contributed by atoms with Crippen molar-refractivity contribution in [2.24, 2.45) is 0 Å². The number of carbonyl (C=O) groups is 1. The molecule has 0 spiro atoms. The Morgan fingerprint density at radius 2 is 1.70 bits per heavy atom. The van der Waals surface area contributed by atoms with E-state index in [0.29, 0.717) is 13.1 Å². The van der Waals surface area contributed by atoms with E-state index in [0.717, 1.165) is 24.6 Å². The Kier molecular flexibility index (Phi) is 4.66. The Bertz CT molecular complexity index is 674. The minimum absolute atomic E-state index is 0.0548. The van der Waals surface area contributed by atoms with Gasteiger partial charge < -0.3 is 9.80 Å². The molecular formula is C18H20N4O. The van der Waals surface area contributed by atoms with Crippen LogP contribution in [0, 0.1) is 6.92 Å². The maximum atomic E-state index is 12.3. The summed E-state index contributed by atoms with van der Waals surface area (Å²) in [5.74, 6) is 0.786. The highest BCUT2D eigenvalue weighted by molar-refractivity contribution is 5.91. The summed E-state index contributed by atoms with van der Waals surface area (Å²) in [5.41, 5.74) is 2.26. The predicted octanol–water partition coefficient (Wildman–Crippen LogP) is 2.15. The summed E-state index contributed by atoms with van der Waals surface area (Å²) in [6.45, 7) is 4.95. The van der Waals surface area contributed by atoms with E-state index in [9.17, 15) is 4.79 Å². The average Bonchev–Trinajstić information content (AvgIpc) is 2.62. The molecule has 0 saturated carbocycles. The van der Waals surface area contributed by atoms with Crippen LogP contribution in [0.15, 0.2) is 48.8 Å². The van der Waals surface area contributed by atoms with Crippen molar-refractivity contribution in [3.05, 3.63) is 59.9 Å². The van der Waals surface area contributed by atoms with E-state index in [4.69, 9.17) is 0 Å². The third-order valence-corrected chi connectivity index (χ3v) is 3.92. The number of benzene rings is 1. The smallest absolute Gasteiger partial charge is 0.246 e. The highest BCUT2D eigenvalue weighted by Crippen LogP contribution is 2.11. The zero-order valence-electron chi connectivity index (χ0n) is 13.2. The van der Waals surface area contributed by atoms with Gasteiger partial charge in [0, 0.05) is 44.6 Å². The fraction of sp³-hybridized carbons (Fsp3) is 0.278. The van der Waals surface area contributed by atoms with Crippen LogP contribution in [0.4, 0.5) is 5.95 Å². The van der Waals surface area contributed by atoms with Crippen molar-refractivity contribution in [2.75, 3.05) is 31.1 Å². The molecule has 0 bridgehead atoms. The number of rotatable bonds is 3. The lowest BCUT2D eigenvalue weighted by Crippen LogP contribution is -2.48. The molecule has 2 heterocycles. The molecule has 23 heavy (non-hydrogen) atoms. The molecular weight excluding hydrogens is 288 g/mol. The van der Waals surface area contributed by atoms with Crippen LogP contribution in [0.1, 0.15) is 11.1 Å². The van der Waals surface area contributed by atoms with Gasteiger partial charge in [-0.3, -0.25) is 4.79 Å². The molecule has 0 radical (unpaired) electrons. The van der Waals surface area contributed by atoms with E-state index in [2.05, 4.69) is 21.8 Å². The molecule has 5 heteroatoms. The van der Waals surface area contributed by atoms with Crippen LogP contribution in [-0.2, 0) is 4.79 Å². The van der Waals surface area contributed by atoms with Gasteiger partial charge in [-0.1, -0.05) is 29.8 Å². The van der Waals surface area contributed by atoms with Gasteiger partial charge in [0.1, 0.15) is 0 Å². The molecule has 0 N–H and O–H groups in total. The van der Waals surface area contributed by atoms with Crippen LogP contribution in [0.2, 0.25) is 0 Å². The van der Waals surface area contributed by atoms with Crippen molar-refractivity contribution in [3.63, 3.8) is 0 Å². The summed E-state index contributed by atoms with van der Waals surface area (Å²) in [4.78, 5) is 24.7. The third kappa shape index (κ3) is 3.94. The SMILES string of the molecule is Cc1ccc(C=CC(=O)N2CCN(c3ncccn3)CC2)cc1. The lowest BCUT2D eigenvalue weighted by Gasteiger charge is -2.34. The number of piperazine rings is 1. The molecule has 2 aromatic rings. The molecule has 0 aliphatic carbocycles. The Labute approximate surface area is 136 Å². The first-order chi connectivity index (χ1) is 11.2. The van der Waals surface area contributed by atoms with Crippen molar-refractivity contribution in [1.29, 1.82) is 0 Å². The summed E-state index contributed by atoms with van der Waals surface area (Å²) in [6.07, 6.45) is 7.00. The second-order valence-electron chi connectivity index (χ2n) is 5.61. The molecule has 3 rings (SSSR count). The number of anilines is 1. The first kappa shape index (κ1) is 15.2. The largest absolute Gasteiger partial charge is 0.337 e. The van der Waals surface area contributed by atoms with Crippen molar-refractivity contribution < 1.29 is 4.79 Å². The molecule has 1 aliphatic heterocycles. The van der Waals surface area contributed by atoms with Gasteiger partial charge in [-0.25, -0.2) is 9.97 Å². The van der Waals surface area contributed by atoms with Crippen LogP contribution in [0.25, 0.3) is 6.08 Å². The van der Waals surface area contributed by atoms with Gasteiger partial charge in [-0.05, 0) is 24.6 Å². The van der Waals surface area contributed by atoms with Crippen LogP contribution >= 0.6 is 0 Å². The van der Waals surface area contributed by atoms with Crippen molar-refractivity contribution >= 4 is 17.9 Å². The van der Waals surface area contributed by atoms with Gasteiger partial charge in [0.25, 0.3) is 0 Å². The number of nitrogens with zero attached hydrogens (tertiary/aromatic N) is 4. The normalized spacial score (nSPS) is 15.2. The molecule has 1 aliphatic rings. The van der Waals surface area contributed by atoms with Crippen molar-refractivity contribution in [1.82, 2.24) is 14.9 Å². The lowest BCUT2D eigenvalue weighted by molar-refractivity contribution is -0.126. The summed E-state index contributed by atoms with van der Waals surface area (Å²) in [7, 11) is 0. The van der Waals surface area contributed by atoms with Crippen LogP contribution in [-0.4, -0.2) is 47.0 Å². The van der Waals surface area contributed by atoms with Gasteiger partial charge in [0.15, 0.2) is 0 Å². The monoisotopic (exact) mass is 308 g/mol. The molecule has 118 valence electrons. The topological polar surface area (TPSA) is 49.3 Å². The highest BCUT2D eigenvalue weighted by Gasteiger charge is 2.20. The van der Waals surface area contributed by atoms with Gasteiger partial charge in [-0.2, -0.15) is 0 Å². The Hall–Kier alpha value is -2.69. The average molecular weight is 308 g/mol. The first-order valence-electron chi connectivity index (χ1n) is 7.78. The van der Waals surface area contributed by atoms with Crippen molar-refractivity contribution in [3.8, 4) is 0 Å². The third-order valence-electron chi connectivity index (χ3n) is 3.92. The van der Waals surface area contributed by atoms with Gasteiger partial charge in [0.2, 0.25) is 11.9 Å². The number of carbonyl (C=O) groups excluding carboxylic acids is 1. The standard InChI is InChI=1S/C18H20N4O/c1-15-3-5-16(6-4-15)7-8-17(23)21-11-13-22(14-12-21)18-19-9-2-10-20-18/h2-10H,11-14H2,1H3. The molecule has 1 amide bonds. The number of hydrogen-bond acceptors (Lipinski definition) is 4. The fourth-order valence-electron chi connectivity index (χ4n) is 2.53. The van der Waals surface area contributed by atoms with E-state index in [1.54, 1.807) is 24.5 Å². The quantitative estimate of drug-likeness (QED) is 0.815. The minimum Gasteiger partial charge on any atom is -0.337 e. The number of aryl methyl sites for hydroxylation is 1. The van der Waals surface area contributed by atoms with E-state index in [1.807, 2.05) is 35.2 Å². The molecule has 5 nitrogen and oxygen atoms in total. The molecule has 1 saturated heterocycles. The molecule has 0 unspecified atom stereocenters. The molecule has 1 aromatic heterocycles. The highest BCUT2D eigenvalue weighted by atomic mass is 16.2. The van der Waals surface area contributed by atoms with Crippen molar-refractivity contribution in [2.45, 2.75) is 6.92 Å². The Balaban J connectivity index is 1.55. The van der Waals surface area contributed by atoms with E-state index >= 15 is 0 Å². The Morgan fingerprint density at radius 3 is 2.35 bits per heavy atom. The summed E-state index contributed by atoms with van der Waals surface area (Å²) in [5, 5.41) is 0. The second-order valence-corrected chi connectivity index (χ2v) is 5.61. The van der Waals surface area contributed by atoms with Crippen LogP contribution in [0.5, 0.6) is 0 Å². The fourth-order valence-corrected chi connectivity index (χ4v) is 2.53. The molecule has 0 atom stereocenters. The summed E-state index contributed by atoms with van der Waals surface area (Å²) >= 11 is 0.